The molecule has 2 N–H and O–H groups in total. The third kappa shape index (κ3) is 1.87. The van der Waals surface area contributed by atoms with Crippen LogP contribution in [-0.2, 0) is 6.42 Å². The Morgan fingerprint density at radius 1 is 1.33 bits per heavy atom. The first-order valence-electron chi connectivity index (χ1n) is 4.66. The Morgan fingerprint density at radius 3 is 2.93 bits per heavy atom. The van der Waals surface area contributed by atoms with Gasteiger partial charge in [0.25, 0.3) is 0 Å². The van der Waals surface area contributed by atoms with E-state index in [4.69, 9.17) is 5.73 Å². The molecule has 0 aliphatic rings. The fourth-order valence-corrected chi connectivity index (χ4v) is 1.40. The van der Waals surface area contributed by atoms with Gasteiger partial charge in [-0.25, -0.2) is 14.4 Å². The van der Waals surface area contributed by atoms with Crippen LogP contribution in [0.1, 0.15) is 5.82 Å². The van der Waals surface area contributed by atoms with Crippen LogP contribution in [0, 0.1) is 5.82 Å². The van der Waals surface area contributed by atoms with Gasteiger partial charge in [-0.2, -0.15) is 0 Å². The van der Waals surface area contributed by atoms with Crippen LogP contribution in [0.2, 0.25) is 0 Å². The van der Waals surface area contributed by atoms with Crippen molar-refractivity contribution < 1.29 is 4.39 Å². The molecular formula is C10H11FN4. The van der Waals surface area contributed by atoms with Crippen LogP contribution in [0.3, 0.4) is 0 Å². The highest BCUT2D eigenvalue weighted by molar-refractivity contribution is 5.26. The van der Waals surface area contributed by atoms with E-state index in [-0.39, 0.29) is 11.6 Å². The molecule has 0 saturated carbocycles. The summed E-state index contributed by atoms with van der Waals surface area (Å²) in [7, 11) is 0. The summed E-state index contributed by atoms with van der Waals surface area (Å²) < 4.78 is 15.0. The van der Waals surface area contributed by atoms with Gasteiger partial charge < -0.3 is 5.73 Å². The van der Waals surface area contributed by atoms with Crippen LogP contribution >= 0.6 is 0 Å². The van der Waals surface area contributed by atoms with Gasteiger partial charge in [0.1, 0.15) is 5.82 Å². The van der Waals surface area contributed by atoms with Crippen LogP contribution in [0.25, 0.3) is 5.82 Å². The average Bonchev–Trinajstić information content (AvgIpc) is 2.67. The van der Waals surface area contributed by atoms with Gasteiger partial charge in [0.15, 0.2) is 11.6 Å². The number of aromatic nitrogens is 3. The Hall–Kier alpha value is -1.75. The molecule has 2 rings (SSSR count). The van der Waals surface area contributed by atoms with Crippen LogP contribution in [0.15, 0.2) is 30.7 Å². The summed E-state index contributed by atoms with van der Waals surface area (Å²) in [6.45, 7) is 0.478. The molecule has 0 unspecified atom stereocenters. The topological polar surface area (TPSA) is 56.7 Å². The fraction of sp³-hybridized carbons (Fsp3) is 0.200. The van der Waals surface area contributed by atoms with Crippen LogP contribution in [0.4, 0.5) is 4.39 Å². The van der Waals surface area contributed by atoms with Gasteiger partial charge in [0, 0.05) is 25.0 Å². The van der Waals surface area contributed by atoms with Gasteiger partial charge in [-0.1, -0.05) is 0 Å². The third-order valence-electron chi connectivity index (χ3n) is 2.05. The number of nitrogens with two attached hydrogens (primary N) is 1. The van der Waals surface area contributed by atoms with Crippen molar-refractivity contribution in [1.29, 1.82) is 0 Å². The van der Waals surface area contributed by atoms with Crippen molar-refractivity contribution in [3.8, 4) is 5.82 Å². The third-order valence-corrected chi connectivity index (χ3v) is 2.05. The molecule has 2 heterocycles. The Balaban J connectivity index is 2.45. The van der Waals surface area contributed by atoms with Gasteiger partial charge in [-0.15, -0.1) is 0 Å². The van der Waals surface area contributed by atoms with Crippen molar-refractivity contribution >= 4 is 0 Å². The first kappa shape index (κ1) is 9.79. The first-order chi connectivity index (χ1) is 7.33. The van der Waals surface area contributed by atoms with Crippen molar-refractivity contribution in [3.05, 3.63) is 42.4 Å². The second-order valence-electron chi connectivity index (χ2n) is 3.06. The molecule has 0 fully saturated rings. The minimum absolute atomic E-state index is 0.262. The lowest BCUT2D eigenvalue weighted by molar-refractivity contribution is 0.605. The zero-order valence-corrected chi connectivity index (χ0v) is 8.10. The molecule has 4 nitrogen and oxygen atoms in total. The number of hydrogen-bond donors (Lipinski definition) is 1. The maximum Gasteiger partial charge on any atom is 0.174 e. The minimum atomic E-state index is -0.367. The van der Waals surface area contributed by atoms with Crippen LogP contribution < -0.4 is 5.73 Å². The largest absolute Gasteiger partial charge is 0.330 e. The molecule has 0 spiro atoms. The van der Waals surface area contributed by atoms with Gasteiger partial charge in [0.2, 0.25) is 0 Å². The Morgan fingerprint density at radius 2 is 2.20 bits per heavy atom. The van der Waals surface area contributed by atoms with Crippen molar-refractivity contribution in [2.45, 2.75) is 6.42 Å². The Bertz CT molecular complexity index is 452. The zero-order chi connectivity index (χ0) is 10.7. The average molecular weight is 206 g/mol. The summed E-state index contributed by atoms with van der Waals surface area (Å²) in [5.74, 6) is 0.613. The molecule has 0 bridgehead atoms. The standard InChI is InChI=1S/C10H11FN4/c11-8-2-1-5-14-10(8)15-7-6-13-9(15)3-4-12/h1-2,5-7H,3-4,12H2. The number of rotatable bonds is 3. The lowest BCUT2D eigenvalue weighted by Crippen LogP contribution is -2.10. The van der Waals surface area contributed by atoms with Gasteiger partial charge >= 0.3 is 0 Å². The molecule has 78 valence electrons. The molecule has 0 aliphatic heterocycles. The summed E-state index contributed by atoms with van der Waals surface area (Å²) in [6.07, 6.45) is 5.43. The minimum Gasteiger partial charge on any atom is -0.330 e. The summed E-state index contributed by atoms with van der Waals surface area (Å²) in [5, 5.41) is 0. The van der Waals surface area contributed by atoms with E-state index in [1.165, 1.54) is 6.07 Å². The Labute approximate surface area is 86.6 Å². The van der Waals surface area contributed by atoms with E-state index < -0.39 is 0 Å². The maximum absolute atomic E-state index is 13.4. The fourth-order valence-electron chi connectivity index (χ4n) is 1.40. The highest BCUT2D eigenvalue weighted by Crippen LogP contribution is 2.11. The molecule has 0 radical (unpaired) electrons. The van der Waals surface area contributed by atoms with E-state index in [2.05, 4.69) is 9.97 Å². The lowest BCUT2D eigenvalue weighted by atomic mass is 10.4. The Kier molecular flexibility index (Phi) is 2.73. The van der Waals surface area contributed by atoms with E-state index in [1.54, 1.807) is 29.2 Å². The van der Waals surface area contributed by atoms with Crippen LogP contribution in [0.5, 0.6) is 0 Å². The van der Waals surface area contributed by atoms with E-state index in [0.717, 1.165) is 5.82 Å². The van der Waals surface area contributed by atoms with E-state index >= 15 is 0 Å². The predicted octanol–water partition coefficient (Wildman–Crippen LogP) is 0.908. The molecule has 5 heteroatoms. The summed E-state index contributed by atoms with van der Waals surface area (Å²) >= 11 is 0. The van der Waals surface area contributed by atoms with E-state index in [9.17, 15) is 4.39 Å². The van der Waals surface area contributed by atoms with Crippen molar-refractivity contribution in [2.75, 3.05) is 6.54 Å². The molecule has 0 atom stereocenters. The monoisotopic (exact) mass is 206 g/mol. The van der Waals surface area contributed by atoms with Crippen molar-refractivity contribution in [3.63, 3.8) is 0 Å². The number of imidazole rings is 1. The van der Waals surface area contributed by atoms with Gasteiger partial charge in [-0.05, 0) is 18.7 Å². The predicted molar refractivity (Wildman–Crippen MR) is 54.1 cm³/mol. The molecule has 2 aromatic heterocycles. The lowest BCUT2D eigenvalue weighted by Gasteiger charge is -2.06. The summed E-state index contributed by atoms with van der Waals surface area (Å²) in [5.41, 5.74) is 5.44. The highest BCUT2D eigenvalue weighted by Gasteiger charge is 2.09. The maximum atomic E-state index is 13.4. The van der Waals surface area contributed by atoms with Crippen LogP contribution in [-0.4, -0.2) is 21.1 Å². The number of pyridine rings is 1. The SMILES string of the molecule is NCCc1nccn1-c1ncccc1F. The zero-order valence-electron chi connectivity index (χ0n) is 8.10. The molecular weight excluding hydrogens is 195 g/mol. The molecule has 0 saturated heterocycles. The molecule has 0 amide bonds. The number of nitrogens with zero attached hydrogens (tertiary/aromatic N) is 3. The molecule has 0 aliphatic carbocycles. The van der Waals surface area contributed by atoms with E-state index in [1.807, 2.05) is 0 Å². The molecule has 2 aromatic rings. The summed E-state index contributed by atoms with van der Waals surface area (Å²) in [4.78, 5) is 8.07. The molecule has 0 aromatic carbocycles. The number of halogens is 1. The quantitative estimate of drug-likeness (QED) is 0.812. The highest BCUT2D eigenvalue weighted by atomic mass is 19.1. The molecule has 15 heavy (non-hydrogen) atoms. The second kappa shape index (κ2) is 4.18. The number of hydrogen-bond acceptors (Lipinski definition) is 3. The van der Waals surface area contributed by atoms with Crippen molar-refractivity contribution in [2.24, 2.45) is 5.73 Å². The smallest absolute Gasteiger partial charge is 0.174 e. The van der Waals surface area contributed by atoms with Gasteiger partial charge in [-0.3, -0.25) is 4.57 Å². The first-order valence-corrected chi connectivity index (χ1v) is 4.66. The van der Waals surface area contributed by atoms with E-state index in [0.29, 0.717) is 13.0 Å². The summed E-state index contributed by atoms with van der Waals surface area (Å²) in [6, 6.07) is 2.92. The van der Waals surface area contributed by atoms with Gasteiger partial charge in [0.05, 0.1) is 0 Å². The van der Waals surface area contributed by atoms with Crippen molar-refractivity contribution in [1.82, 2.24) is 14.5 Å². The second-order valence-corrected chi connectivity index (χ2v) is 3.06. The normalized spacial score (nSPS) is 10.5.